The standard InChI is InChI=1S/C14H10.C5H13BNO2.BH2O2/c1-2-6-12-10-14-8-4-3-7-13(14)9-11(12)5-1;7-4-2-1-3-5-9-6-8;2-1-3/h1-10H;8H,1-5,7H2;2-3H. The quantitative estimate of drug-likeness (QED) is 0.310. The number of hydrogen-bond acceptors (Lipinski definition) is 5. The molecule has 5 nitrogen and oxygen atoms in total. The van der Waals surface area contributed by atoms with Crippen molar-refractivity contribution in [2.24, 2.45) is 5.73 Å². The first kappa shape index (κ1) is 22.2. The van der Waals surface area contributed by atoms with Gasteiger partial charge in [-0.1, -0.05) is 48.5 Å². The lowest BCUT2D eigenvalue weighted by Crippen LogP contribution is -2.01. The lowest BCUT2D eigenvalue weighted by molar-refractivity contribution is 0.275. The molecule has 0 heterocycles. The van der Waals surface area contributed by atoms with Gasteiger partial charge in [0.2, 0.25) is 0 Å². The van der Waals surface area contributed by atoms with Crippen molar-refractivity contribution in [3.63, 3.8) is 0 Å². The Hall–Kier alpha value is -1.89. The number of fused-ring (bicyclic) bond motifs is 2. The normalized spacial score (nSPS) is 9.69. The fourth-order valence-electron chi connectivity index (χ4n) is 2.44. The summed E-state index contributed by atoms with van der Waals surface area (Å²) in [6.07, 6.45) is 3.08. The molecule has 0 aromatic heterocycles. The molecule has 26 heavy (non-hydrogen) atoms. The molecule has 3 rings (SSSR count). The van der Waals surface area contributed by atoms with E-state index >= 15 is 0 Å². The monoisotopic (exact) mass is 353 g/mol. The minimum Gasteiger partial charge on any atom is -0.429 e. The Morgan fingerprint density at radius 2 is 1.15 bits per heavy atom. The largest absolute Gasteiger partial charge is 0.485 e. The van der Waals surface area contributed by atoms with Crippen LogP contribution in [0.15, 0.2) is 60.7 Å². The highest BCUT2D eigenvalue weighted by molar-refractivity contribution is 6.15. The maximum atomic E-state index is 8.05. The lowest BCUT2D eigenvalue weighted by Gasteiger charge is -2.00. The third-order valence-corrected chi connectivity index (χ3v) is 3.65. The molecule has 0 unspecified atom stereocenters. The summed E-state index contributed by atoms with van der Waals surface area (Å²) in [7, 11) is 0.725. The first-order valence-corrected chi connectivity index (χ1v) is 8.52. The number of hydrogen-bond donors (Lipinski definition) is 4. The minimum atomic E-state index is 0. The molecule has 0 atom stereocenters. The van der Waals surface area contributed by atoms with Crippen molar-refractivity contribution in [2.75, 3.05) is 13.2 Å². The van der Waals surface area contributed by atoms with Crippen LogP contribution >= 0.6 is 0 Å². The van der Waals surface area contributed by atoms with E-state index in [-0.39, 0.29) is 7.69 Å². The Morgan fingerprint density at radius 3 is 1.50 bits per heavy atom. The molecular formula is C19H25B2NO4. The van der Waals surface area contributed by atoms with Gasteiger partial charge in [-0.25, -0.2) is 0 Å². The molecule has 3 aromatic rings. The number of nitrogens with two attached hydrogens (primary N) is 1. The van der Waals surface area contributed by atoms with E-state index in [0.717, 1.165) is 33.5 Å². The van der Waals surface area contributed by atoms with Crippen molar-refractivity contribution < 1.29 is 19.7 Å². The molecule has 0 aliphatic carbocycles. The molecule has 2 radical (unpaired) electrons. The van der Waals surface area contributed by atoms with Crippen LogP contribution in [0.3, 0.4) is 0 Å². The Bertz CT molecular complexity index is 632. The summed E-state index contributed by atoms with van der Waals surface area (Å²) in [5.74, 6) is 0. The van der Waals surface area contributed by atoms with Crippen LogP contribution in [0.4, 0.5) is 0 Å². The van der Waals surface area contributed by atoms with E-state index < -0.39 is 0 Å². The van der Waals surface area contributed by atoms with Gasteiger partial charge in [0, 0.05) is 6.61 Å². The van der Waals surface area contributed by atoms with E-state index in [4.69, 9.17) is 20.8 Å². The smallest absolute Gasteiger partial charge is 0.429 e. The molecule has 3 aromatic carbocycles. The van der Waals surface area contributed by atoms with E-state index in [1.165, 1.54) is 21.5 Å². The summed E-state index contributed by atoms with van der Waals surface area (Å²) in [6, 6.07) is 21.4. The third kappa shape index (κ3) is 8.47. The molecule has 136 valence electrons. The van der Waals surface area contributed by atoms with E-state index in [0.29, 0.717) is 6.61 Å². The molecular weight excluding hydrogens is 328 g/mol. The van der Waals surface area contributed by atoms with Crippen LogP contribution < -0.4 is 5.73 Å². The zero-order valence-electron chi connectivity index (χ0n) is 14.8. The minimum absolute atomic E-state index is 0. The Morgan fingerprint density at radius 1 is 0.731 bits per heavy atom. The van der Waals surface area contributed by atoms with Crippen LogP contribution in [0, 0.1) is 0 Å². The van der Waals surface area contributed by atoms with Crippen LogP contribution in [-0.4, -0.2) is 43.6 Å². The molecule has 0 amide bonds. The summed E-state index contributed by atoms with van der Waals surface area (Å²) in [5, 5.41) is 27.3. The zero-order chi connectivity index (χ0) is 19.0. The molecule has 0 fully saturated rings. The van der Waals surface area contributed by atoms with E-state index in [1.54, 1.807) is 0 Å². The zero-order valence-corrected chi connectivity index (χ0v) is 14.8. The highest BCUT2D eigenvalue weighted by atomic mass is 16.5. The molecule has 5 N–H and O–H groups in total. The Kier molecular flexibility index (Phi) is 12.2. The summed E-state index contributed by atoms with van der Waals surface area (Å²) >= 11 is 0. The Balaban J connectivity index is 0.000000246. The van der Waals surface area contributed by atoms with Gasteiger partial charge in [-0.05, 0) is 59.5 Å². The van der Waals surface area contributed by atoms with Crippen molar-refractivity contribution in [3.05, 3.63) is 60.7 Å². The lowest BCUT2D eigenvalue weighted by atomic mass is 10.0. The van der Waals surface area contributed by atoms with Crippen LogP contribution in [0.2, 0.25) is 0 Å². The predicted molar refractivity (Wildman–Crippen MR) is 108 cm³/mol. The molecule has 0 spiro atoms. The number of benzene rings is 3. The van der Waals surface area contributed by atoms with Gasteiger partial charge in [-0.3, -0.25) is 0 Å². The van der Waals surface area contributed by atoms with Crippen molar-refractivity contribution in [3.8, 4) is 0 Å². The van der Waals surface area contributed by atoms with Crippen molar-refractivity contribution >= 4 is 36.9 Å². The second-order valence-electron chi connectivity index (χ2n) is 5.49. The first-order chi connectivity index (χ1) is 12.8. The fourth-order valence-corrected chi connectivity index (χ4v) is 2.44. The molecule has 0 saturated heterocycles. The fraction of sp³-hybridized carbons (Fsp3) is 0.263. The number of rotatable bonds is 6. The topological polar surface area (TPSA) is 95.9 Å². The van der Waals surface area contributed by atoms with E-state index in [2.05, 4.69) is 65.3 Å². The van der Waals surface area contributed by atoms with Crippen molar-refractivity contribution in [2.45, 2.75) is 19.3 Å². The highest BCUT2D eigenvalue weighted by Gasteiger charge is 1.95. The second kappa shape index (κ2) is 14.3. The molecule has 7 heteroatoms. The molecule has 0 aliphatic rings. The molecule has 0 aliphatic heterocycles. The van der Waals surface area contributed by atoms with Crippen LogP contribution in [-0.2, 0) is 4.65 Å². The molecule has 0 saturated carbocycles. The van der Waals surface area contributed by atoms with Gasteiger partial charge in [0.15, 0.2) is 0 Å². The SMILES string of the molecule is NCCCCCO[B]O.O[B]O.c1ccc2cc3ccccc3cc2c1. The van der Waals surface area contributed by atoms with Gasteiger partial charge >= 0.3 is 15.4 Å². The number of unbranched alkanes of at least 4 members (excludes halogenated alkanes) is 2. The Labute approximate surface area is 156 Å². The first-order valence-electron chi connectivity index (χ1n) is 8.52. The maximum absolute atomic E-state index is 8.05. The average molecular weight is 353 g/mol. The van der Waals surface area contributed by atoms with Crippen molar-refractivity contribution in [1.29, 1.82) is 0 Å². The van der Waals surface area contributed by atoms with Gasteiger partial charge in [0.1, 0.15) is 0 Å². The summed E-state index contributed by atoms with van der Waals surface area (Å²) in [4.78, 5) is 0. The predicted octanol–water partition coefficient (Wildman–Crippen LogP) is 2.16. The van der Waals surface area contributed by atoms with Gasteiger partial charge in [0.05, 0.1) is 0 Å². The summed E-state index contributed by atoms with van der Waals surface area (Å²) in [6.45, 7) is 1.33. The van der Waals surface area contributed by atoms with Gasteiger partial charge in [-0.15, -0.1) is 0 Å². The van der Waals surface area contributed by atoms with Crippen LogP contribution in [0.5, 0.6) is 0 Å². The summed E-state index contributed by atoms with van der Waals surface area (Å²) in [5.41, 5.74) is 5.25. The average Bonchev–Trinajstić information content (AvgIpc) is 2.67. The van der Waals surface area contributed by atoms with E-state index in [1.807, 2.05) is 0 Å². The maximum Gasteiger partial charge on any atom is 0.485 e. The van der Waals surface area contributed by atoms with Crippen molar-refractivity contribution in [1.82, 2.24) is 0 Å². The second-order valence-corrected chi connectivity index (χ2v) is 5.49. The highest BCUT2D eigenvalue weighted by Crippen LogP contribution is 2.21. The van der Waals surface area contributed by atoms with Gasteiger partial charge < -0.3 is 25.5 Å². The molecule has 0 bridgehead atoms. The van der Waals surface area contributed by atoms with Gasteiger partial charge in [0.25, 0.3) is 0 Å². The van der Waals surface area contributed by atoms with Crippen LogP contribution in [0.25, 0.3) is 21.5 Å². The van der Waals surface area contributed by atoms with Crippen LogP contribution in [0.1, 0.15) is 19.3 Å². The third-order valence-electron chi connectivity index (χ3n) is 3.65. The van der Waals surface area contributed by atoms with E-state index in [9.17, 15) is 0 Å². The van der Waals surface area contributed by atoms with Gasteiger partial charge in [-0.2, -0.15) is 0 Å². The summed E-state index contributed by atoms with van der Waals surface area (Å²) < 4.78 is 4.57.